The van der Waals surface area contributed by atoms with Crippen LogP contribution in [-0.2, 0) is 0 Å². The molecule has 0 bridgehead atoms. The highest BCUT2D eigenvalue weighted by atomic mass is 32.1. The van der Waals surface area contributed by atoms with Crippen LogP contribution in [-0.4, -0.2) is 34.9 Å². The minimum atomic E-state index is 0.0570. The number of fused-ring (bicyclic) bond motifs is 1. The van der Waals surface area contributed by atoms with Crippen LogP contribution in [0.15, 0.2) is 47.8 Å². The summed E-state index contributed by atoms with van der Waals surface area (Å²) in [5.41, 5.74) is 8.49. The number of piperidine rings is 1. The van der Waals surface area contributed by atoms with Gasteiger partial charge in [0.15, 0.2) is 0 Å². The van der Waals surface area contributed by atoms with E-state index < -0.39 is 0 Å². The average molecular weight is 337 g/mol. The van der Waals surface area contributed by atoms with Crippen molar-refractivity contribution in [3.63, 3.8) is 0 Å². The SMILES string of the molecule is NC1CCCN(C(=O)c2cc(-c3cccs3)nc3ccccc23)C1. The van der Waals surface area contributed by atoms with Gasteiger partial charge in [-0.05, 0) is 36.4 Å². The van der Waals surface area contributed by atoms with E-state index >= 15 is 0 Å². The Labute approximate surface area is 144 Å². The van der Waals surface area contributed by atoms with Crippen molar-refractivity contribution in [2.75, 3.05) is 13.1 Å². The summed E-state index contributed by atoms with van der Waals surface area (Å²) < 4.78 is 0. The van der Waals surface area contributed by atoms with Crippen LogP contribution in [0.2, 0.25) is 0 Å². The first-order chi connectivity index (χ1) is 11.7. The van der Waals surface area contributed by atoms with Gasteiger partial charge in [-0.15, -0.1) is 11.3 Å². The molecule has 4 rings (SSSR count). The zero-order valence-corrected chi connectivity index (χ0v) is 14.1. The first kappa shape index (κ1) is 15.3. The maximum atomic E-state index is 13.1. The minimum absolute atomic E-state index is 0.0570. The van der Waals surface area contributed by atoms with Crippen molar-refractivity contribution in [2.45, 2.75) is 18.9 Å². The Bertz CT molecular complexity index is 875. The Morgan fingerprint density at radius 1 is 1.25 bits per heavy atom. The van der Waals surface area contributed by atoms with Gasteiger partial charge in [-0.25, -0.2) is 4.98 Å². The quantitative estimate of drug-likeness (QED) is 0.778. The molecule has 1 aliphatic heterocycles. The predicted octanol–water partition coefficient (Wildman–Crippen LogP) is 3.53. The second-order valence-electron chi connectivity index (χ2n) is 6.20. The van der Waals surface area contributed by atoms with Gasteiger partial charge in [-0.2, -0.15) is 0 Å². The predicted molar refractivity (Wildman–Crippen MR) is 98.2 cm³/mol. The number of para-hydroxylation sites is 1. The molecular weight excluding hydrogens is 318 g/mol. The molecule has 5 heteroatoms. The molecule has 4 nitrogen and oxygen atoms in total. The molecule has 0 aliphatic carbocycles. The molecule has 122 valence electrons. The summed E-state index contributed by atoms with van der Waals surface area (Å²) in [5, 5.41) is 2.93. The number of pyridine rings is 1. The van der Waals surface area contributed by atoms with E-state index in [4.69, 9.17) is 10.7 Å². The second-order valence-corrected chi connectivity index (χ2v) is 7.15. The van der Waals surface area contributed by atoms with Crippen LogP contribution in [0.1, 0.15) is 23.2 Å². The zero-order chi connectivity index (χ0) is 16.5. The van der Waals surface area contributed by atoms with Crippen LogP contribution >= 0.6 is 11.3 Å². The van der Waals surface area contributed by atoms with Crippen molar-refractivity contribution in [1.29, 1.82) is 0 Å². The maximum Gasteiger partial charge on any atom is 0.254 e. The number of carbonyl (C=O) groups is 1. The molecule has 1 saturated heterocycles. The van der Waals surface area contributed by atoms with Crippen molar-refractivity contribution in [2.24, 2.45) is 5.73 Å². The van der Waals surface area contributed by atoms with E-state index in [0.717, 1.165) is 46.4 Å². The van der Waals surface area contributed by atoms with Crippen molar-refractivity contribution in [1.82, 2.24) is 9.88 Å². The second kappa shape index (κ2) is 6.34. The molecule has 0 spiro atoms. The fourth-order valence-corrected chi connectivity index (χ4v) is 3.95. The molecule has 0 radical (unpaired) electrons. The number of thiophene rings is 1. The van der Waals surface area contributed by atoms with Gasteiger partial charge in [0.2, 0.25) is 0 Å². The Balaban J connectivity index is 1.82. The Morgan fingerprint density at radius 2 is 2.12 bits per heavy atom. The van der Waals surface area contributed by atoms with Crippen molar-refractivity contribution in [3.05, 3.63) is 53.4 Å². The molecule has 1 aliphatic rings. The number of benzene rings is 1. The Kier molecular flexibility index (Phi) is 4.04. The number of hydrogen-bond donors (Lipinski definition) is 1. The van der Waals surface area contributed by atoms with Gasteiger partial charge < -0.3 is 10.6 Å². The van der Waals surface area contributed by atoms with Gasteiger partial charge in [0, 0.05) is 24.5 Å². The highest BCUT2D eigenvalue weighted by molar-refractivity contribution is 7.13. The van der Waals surface area contributed by atoms with Crippen LogP contribution in [0.5, 0.6) is 0 Å². The van der Waals surface area contributed by atoms with Crippen LogP contribution in [0.3, 0.4) is 0 Å². The lowest BCUT2D eigenvalue weighted by molar-refractivity contribution is 0.0711. The number of nitrogens with zero attached hydrogens (tertiary/aromatic N) is 2. The number of amides is 1. The van der Waals surface area contributed by atoms with Gasteiger partial charge in [-0.3, -0.25) is 4.79 Å². The van der Waals surface area contributed by atoms with Gasteiger partial charge in [0.1, 0.15) is 0 Å². The van der Waals surface area contributed by atoms with Crippen LogP contribution in [0.4, 0.5) is 0 Å². The smallest absolute Gasteiger partial charge is 0.254 e. The number of carbonyl (C=O) groups excluding carboxylic acids is 1. The number of hydrogen-bond acceptors (Lipinski definition) is 4. The van der Waals surface area contributed by atoms with Gasteiger partial charge in [-0.1, -0.05) is 24.3 Å². The lowest BCUT2D eigenvalue weighted by Gasteiger charge is -2.31. The highest BCUT2D eigenvalue weighted by Crippen LogP contribution is 2.29. The standard InChI is InChI=1S/C19H19N3OS/c20-13-5-3-9-22(12-13)19(23)15-11-17(18-8-4-10-24-18)21-16-7-2-1-6-14(15)16/h1-2,4,6-8,10-11,13H,3,5,9,12,20H2. The van der Waals surface area contributed by atoms with E-state index in [1.807, 2.05) is 52.7 Å². The molecule has 1 amide bonds. The van der Waals surface area contributed by atoms with E-state index in [-0.39, 0.29) is 11.9 Å². The molecule has 3 aromatic rings. The van der Waals surface area contributed by atoms with Crippen molar-refractivity contribution >= 4 is 28.1 Å². The monoisotopic (exact) mass is 337 g/mol. The molecule has 24 heavy (non-hydrogen) atoms. The number of nitrogens with two attached hydrogens (primary N) is 1. The van der Waals surface area contributed by atoms with Crippen molar-refractivity contribution < 1.29 is 4.79 Å². The molecule has 1 unspecified atom stereocenters. The fraction of sp³-hybridized carbons (Fsp3) is 0.263. The Hall–Kier alpha value is -2.24. The van der Waals surface area contributed by atoms with Crippen molar-refractivity contribution in [3.8, 4) is 10.6 Å². The van der Waals surface area contributed by atoms with E-state index in [9.17, 15) is 4.79 Å². The van der Waals surface area contributed by atoms with Crippen LogP contribution in [0, 0.1) is 0 Å². The lowest BCUT2D eigenvalue weighted by atomic mass is 10.0. The summed E-state index contributed by atoms with van der Waals surface area (Å²) in [5.74, 6) is 0.0570. The summed E-state index contributed by atoms with van der Waals surface area (Å²) in [4.78, 5) is 20.8. The molecule has 1 aromatic carbocycles. The summed E-state index contributed by atoms with van der Waals surface area (Å²) in [7, 11) is 0. The molecule has 2 N–H and O–H groups in total. The lowest BCUT2D eigenvalue weighted by Crippen LogP contribution is -2.45. The summed E-state index contributed by atoms with van der Waals surface area (Å²) in [6.45, 7) is 1.40. The number of rotatable bonds is 2. The zero-order valence-electron chi connectivity index (χ0n) is 13.3. The van der Waals surface area contributed by atoms with E-state index in [1.54, 1.807) is 11.3 Å². The molecule has 3 heterocycles. The topological polar surface area (TPSA) is 59.2 Å². The molecule has 0 saturated carbocycles. The van der Waals surface area contributed by atoms with E-state index in [1.165, 1.54) is 0 Å². The third-order valence-corrected chi connectivity index (χ3v) is 5.36. The van der Waals surface area contributed by atoms with E-state index in [2.05, 4.69) is 0 Å². The van der Waals surface area contributed by atoms with Crippen LogP contribution in [0.25, 0.3) is 21.5 Å². The first-order valence-corrected chi connectivity index (χ1v) is 9.09. The fourth-order valence-electron chi connectivity index (χ4n) is 3.27. The molecule has 1 atom stereocenters. The van der Waals surface area contributed by atoms with E-state index in [0.29, 0.717) is 6.54 Å². The summed E-state index contributed by atoms with van der Waals surface area (Å²) >= 11 is 1.63. The van der Waals surface area contributed by atoms with Gasteiger partial charge in [0.25, 0.3) is 5.91 Å². The number of likely N-dealkylation sites (tertiary alicyclic amines) is 1. The van der Waals surface area contributed by atoms with Gasteiger partial charge in [0.05, 0.1) is 21.7 Å². The highest BCUT2D eigenvalue weighted by Gasteiger charge is 2.24. The Morgan fingerprint density at radius 3 is 2.92 bits per heavy atom. The number of aromatic nitrogens is 1. The molecule has 1 fully saturated rings. The minimum Gasteiger partial charge on any atom is -0.337 e. The third kappa shape index (κ3) is 2.81. The summed E-state index contributed by atoms with van der Waals surface area (Å²) in [6.07, 6.45) is 1.95. The van der Waals surface area contributed by atoms with Gasteiger partial charge >= 0.3 is 0 Å². The molecule has 2 aromatic heterocycles. The normalized spacial score (nSPS) is 18.0. The maximum absolute atomic E-state index is 13.1. The largest absolute Gasteiger partial charge is 0.337 e. The average Bonchev–Trinajstić information content (AvgIpc) is 3.15. The first-order valence-electron chi connectivity index (χ1n) is 8.21. The third-order valence-electron chi connectivity index (χ3n) is 4.47. The molecular formula is C19H19N3OS. The summed E-state index contributed by atoms with van der Waals surface area (Å²) in [6, 6.07) is 13.9. The van der Waals surface area contributed by atoms with Crippen LogP contribution < -0.4 is 5.73 Å².